The minimum Gasteiger partial charge on any atom is -0.490 e. The Hall–Kier alpha value is -2.98. The molecule has 164 valence electrons. The summed E-state index contributed by atoms with van der Waals surface area (Å²) in [5, 5.41) is 9.70. The topological polar surface area (TPSA) is 106 Å². The highest BCUT2D eigenvalue weighted by Gasteiger charge is 2.27. The van der Waals surface area contributed by atoms with Gasteiger partial charge in [-0.1, -0.05) is 12.1 Å². The van der Waals surface area contributed by atoms with Gasteiger partial charge in [-0.2, -0.15) is 5.10 Å². The number of nitrogens with two attached hydrogens (primary N) is 1. The van der Waals surface area contributed by atoms with E-state index in [-0.39, 0.29) is 23.6 Å². The van der Waals surface area contributed by atoms with Crippen molar-refractivity contribution in [2.24, 2.45) is 0 Å². The van der Waals surface area contributed by atoms with E-state index < -0.39 is 0 Å². The van der Waals surface area contributed by atoms with E-state index in [1.165, 1.54) is 17.4 Å². The highest BCUT2D eigenvalue weighted by Crippen LogP contribution is 2.23. The van der Waals surface area contributed by atoms with Crippen molar-refractivity contribution in [3.8, 4) is 5.75 Å². The predicted molar refractivity (Wildman–Crippen MR) is 114 cm³/mol. The number of aryl methyl sites for hydroxylation is 1. The van der Waals surface area contributed by atoms with Crippen LogP contribution in [0.25, 0.3) is 0 Å². The maximum Gasteiger partial charge on any atom is 0.223 e. The number of rotatable bonds is 8. The Morgan fingerprint density at radius 2 is 2.26 bits per heavy atom. The fourth-order valence-corrected chi connectivity index (χ4v) is 3.99. The van der Waals surface area contributed by atoms with E-state index in [9.17, 15) is 9.18 Å². The maximum atomic E-state index is 13.6. The lowest BCUT2D eigenvalue weighted by molar-refractivity contribution is -0.139. The number of aromatic nitrogens is 3. The molecule has 0 bridgehead atoms. The zero-order chi connectivity index (χ0) is 21.6. The van der Waals surface area contributed by atoms with Crippen LogP contribution in [0.5, 0.6) is 5.75 Å². The molecule has 1 aliphatic heterocycles. The molecular weight excluding hydrogens is 421 g/mol. The standard InChI is InChI=1S/C21H24FN5O3S/c22-16-3-1-2-4-18(16)29-9-7-14-11-17(26-25-14)19-12-27(8-10-30-19)20(28)6-5-15-13-31-21(23)24-15/h1-4,11,13,19H,5-10,12H2,(H2,23,24)(H,25,26)/t19-/m0/s1. The van der Waals surface area contributed by atoms with Gasteiger partial charge in [0.05, 0.1) is 31.1 Å². The minimum atomic E-state index is -0.383. The van der Waals surface area contributed by atoms with Crippen LogP contribution in [0.2, 0.25) is 0 Å². The molecule has 31 heavy (non-hydrogen) atoms. The zero-order valence-electron chi connectivity index (χ0n) is 16.9. The fourth-order valence-electron chi connectivity index (χ4n) is 3.39. The van der Waals surface area contributed by atoms with Crippen molar-refractivity contribution in [3.63, 3.8) is 0 Å². The summed E-state index contributed by atoms with van der Waals surface area (Å²) in [5.41, 5.74) is 8.08. The van der Waals surface area contributed by atoms with Gasteiger partial charge in [-0.15, -0.1) is 11.3 Å². The van der Waals surface area contributed by atoms with Crippen molar-refractivity contribution in [2.75, 3.05) is 32.0 Å². The molecule has 0 spiro atoms. The first-order valence-electron chi connectivity index (χ1n) is 10.1. The molecule has 0 radical (unpaired) electrons. The largest absolute Gasteiger partial charge is 0.490 e. The second kappa shape index (κ2) is 9.88. The van der Waals surface area contributed by atoms with Crippen LogP contribution in [0, 0.1) is 5.82 Å². The Labute approximate surface area is 183 Å². The number of para-hydroxylation sites is 1. The first-order valence-corrected chi connectivity index (χ1v) is 11.0. The number of carbonyl (C=O) groups excluding carboxylic acids is 1. The number of H-pyrrole nitrogens is 1. The third kappa shape index (κ3) is 5.59. The summed E-state index contributed by atoms with van der Waals surface area (Å²) in [4.78, 5) is 18.6. The Kier molecular flexibility index (Phi) is 6.78. The summed E-state index contributed by atoms with van der Waals surface area (Å²) in [6.45, 7) is 1.79. The summed E-state index contributed by atoms with van der Waals surface area (Å²) < 4.78 is 24.9. The zero-order valence-corrected chi connectivity index (χ0v) is 17.7. The Morgan fingerprint density at radius 1 is 1.39 bits per heavy atom. The number of thiazole rings is 1. The summed E-state index contributed by atoms with van der Waals surface area (Å²) in [6, 6.07) is 8.21. The first kappa shape index (κ1) is 21.3. The second-order valence-corrected chi connectivity index (χ2v) is 8.11. The highest BCUT2D eigenvalue weighted by atomic mass is 32.1. The van der Waals surface area contributed by atoms with E-state index in [1.54, 1.807) is 23.1 Å². The summed E-state index contributed by atoms with van der Waals surface area (Å²) in [7, 11) is 0. The van der Waals surface area contributed by atoms with Gasteiger partial charge in [-0.25, -0.2) is 9.37 Å². The second-order valence-electron chi connectivity index (χ2n) is 7.22. The number of halogens is 1. The molecule has 1 saturated heterocycles. The maximum absolute atomic E-state index is 13.6. The molecule has 0 saturated carbocycles. The number of ether oxygens (including phenoxy) is 2. The average Bonchev–Trinajstić information content (AvgIpc) is 3.42. The van der Waals surface area contributed by atoms with Crippen LogP contribution < -0.4 is 10.5 Å². The summed E-state index contributed by atoms with van der Waals surface area (Å²) >= 11 is 1.38. The van der Waals surface area contributed by atoms with Crippen LogP contribution >= 0.6 is 11.3 Å². The Balaban J connectivity index is 1.27. The van der Waals surface area contributed by atoms with Gasteiger partial charge >= 0.3 is 0 Å². The summed E-state index contributed by atoms with van der Waals surface area (Å²) in [6.07, 6.45) is 1.22. The van der Waals surface area contributed by atoms with Crippen LogP contribution in [0.1, 0.15) is 29.6 Å². The lowest BCUT2D eigenvalue weighted by atomic mass is 10.1. The number of aromatic amines is 1. The smallest absolute Gasteiger partial charge is 0.223 e. The number of anilines is 1. The van der Waals surface area contributed by atoms with Gasteiger partial charge in [0.25, 0.3) is 0 Å². The quantitative estimate of drug-likeness (QED) is 0.552. The molecule has 0 unspecified atom stereocenters. The fraction of sp³-hybridized carbons (Fsp3) is 0.381. The van der Waals surface area contributed by atoms with Crippen molar-refractivity contribution >= 4 is 22.4 Å². The molecule has 1 aromatic carbocycles. The SMILES string of the molecule is Nc1nc(CCC(=O)N2CCO[C@H](c3cc(CCOc4ccccc4F)[nH]n3)C2)cs1. The molecule has 3 N–H and O–H groups in total. The lowest BCUT2D eigenvalue weighted by Crippen LogP contribution is -2.42. The van der Waals surface area contributed by atoms with Crippen molar-refractivity contribution in [2.45, 2.75) is 25.4 Å². The predicted octanol–water partition coefficient (Wildman–Crippen LogP) is 2.74. The number of benzene rings is 1. The molecule has 1 aliphatic rings. The third-order valence-corrected chi connectivity index (χ3v) is 5.75. The summed E-state index contributed by atoms with van der Waals surface area (Å²) in [5.74, 6) is -0.0901. The number of carbonyl (C=O) groups is 1. The van der Waals surface area contributed by atoms with Crippen LogP contribution in [0.15, 0.2) is 35.7 Å². The Morgan fingerprint density at radius 3 is 3.06 bits per heavy atom. The molecule has 1 atom stereocenters. The number of nitrogens with one attached hydrogen (secondary N) is 1. The van der Waals surface area contributed by atoms with E-state index in [4.69, 9.17) is 15.2 Å². The number of nitrogens with zero attached hydrogens (tertiary/aromatic N) is 3. The monoisotopic (exact) mass is 445 g/mol. The molecule has 3 heterocycles. The molecule has 2 aromatic heterocycles. The van der Waals surface area contributed by atoms with Crippen LogP contribution in [-0.2, 0) is 22.4 Å². The van der Waals surface area contributed by atoms with Crippen LogP contribution in [-0.4, -0.2) is 52.3 Å². The number of hydrogen-bond donors (Lipinski definition) is 2. The number of morpholine rings is 1. The van der Waals surface area contributed by atoms with Crippen molar-refractivity contribution in [1.29, 1.82) is 0 Å². The van der Waals surface area contributed by atoms with E-state index in [0.717, 1.165) is 17.1 Å². The minimum absolute atomic E-state index is 0.0638. The molecule has 10 heteroatoms. The molecule has 3 aromatic rings. The molecular formula is C21H24FN5O3S. The van der Waals surface area contributed by atoms with E-state index in [0.29, 0.717) is 50.7 Å². The van der Waals surface area contributed by atoms with Gasteiger partial charge in [0, 0.05) is 30.5 Å². The first-order chi connectivity index (χ1) is 15.1. The van der Waals surface area contributed by atoms with Gasteiger partial charge < -0.3 is 20.1 Å². The van der Waals surface area contributed by atoms with Gasteiger partial charge in [0.2, 0.25) is 5.91 Å². The van der Waals surface area contributed by atoms with E-state index in [1.807, 2.05) is 11.4 Å². The van der Waals surface area contributed by atoms with E-state index >= 15 is 0 Å². The third-order valence-electron chi connectivity index (χ3n) is 5.03. The number of nitrogen functional groups attached to an aromatic ring is 1. The normalized spacial score (nSPS) is 16.4. The number of amides is 1. The van der Waals surface area contributed by atoms with Gasteiger partial charge in [-0.3, -0.25) is 9.89 Å². The highest BCUT2D eigenvalue weighted by molar-refractivity contribution is 7.13. The lowest BCUT2D eigenvalue weighted by Gasteiger charge is -2.32. The van der Waals surface area contributed by atoms with Crippen LogP contribution in [0.4, 0.5) is 9.52 Å². The van der Waals surface area contributed by atoms with Crippen molar-refractivity contribution in [3.05, 3.63) is 58.6 Å². The van der Waals surface area contributed by atoms with Crippen LogP contribution in [0.3, 0.4) is 0 Å². The van der Waals surface area contributed by atoms with Crippen molar-refractivity contribution < 1.29 is 18.7 Å². The number of hydrogen-bond acceptors (Lipinski definition) is 7. The molecule has 1 fully saturated rings. The van der Waals surface area contributed by atoms with Gasteiger partial charge in [0.1, 0.15) is 6.10 Å². The average molecular weight is 446 g/mol. The van der Waals surface area contributed by atoms with Crippen molar-refractivity contribution in [1.82, 2.24) is 20.1 Å². The van der Waals surface area contributed by atoms with E-state index in [2.05, 4.69) is 15.2 Å². The Bertz CT molecular complexity index is 1020. The molecule has 1 amide bonds. The molecule has 8 nitrogen and oxygen atoms in total. The molecule has 0 aliphatic carbocycles. The molecule has 4 rings (SSSR count). The van der Waals surface area contributed by atoms with Gasteiger partial charge in [-0.05, 0) is 24.6 Å². The van der Waals surface area contributed by atoms with Gasteiger partial charge in [0.15, 0.2) is 16.7 Å².